The lowest BCUT2D eigenvalue weighted by molar-refractivity contribution is -0.119. The molecule has 30 heavy (non-hydrogen) atoms. The van der Waals surface area contributed by atoms with Crippen molar-refractivity contribution < 1.29 is 9.90 Å². The number of carbonyl (C=O) groups excluding carboxylic acids is 1. The van der Waals surface area contributed by atoms with Gasteiger partial charge in [-0.3, -0.25) is 4.79 Å². The summed E-state index contributed by atoms with van der Waals surface area (Å²) in [5.41, 5.74) is 6.06. The highest BCUT2D eigenvalue weighted by atomic mass is 79.9. The summed E-state index contributed by atoms with van der Waals surface area (Å²) in [6.07, 6.45) is 1.36. The molecule has 3 N–H and O–H groups in total. The number of rotatable bonds is 7. The third kappa shape index (κ3) is 6.52. The molecule has 0 saturated carbocycles. The second kappa shape index (κ2) is 10.3. The fraction of sp³-hybridized carbons (Fsp3) is 0.0909. The summed E-state index contributed by atoms with van der Waals surface area (Å²) in [5, 5.41) is 25.2. The molecule has 0 unspecified atom stereocenters. The van der Waals surface area contributed by atoms with E-state index in [2.05, 4.69) is 42.0 Å². The third-order valence-corrected chi connectivity index (χ3v) is 4.49. The summed E-state index contributed by atoms with van der Waals surface area (Å²) in [7, 11) is 0. The van der Waals surface area contributed by atoms with E-state index in [-0.39, 0.29) is 18.2 Å². The van der Waals surface area contributed by atoms with Crippen molar-refractivity contribution >= 4 is 45.1 Å². The monoisotopic (exact) mass is 465 g/mol. The van der Waals surface area contributed by atoms with Gasteiger partial charge in [0.15, 0.2) is 0 Å². The van der Waals surface area contributed by atoms with Crippen molar-refractivity contribution in [3.8, 4) is 5.75 Å². The normalized spacial score (nSPS) is 11.1. The fourth-order valence-corrected chi connectivity index (χ4v) is 2.82. The molecule has 8 heteroatoms. The Hall–Kier alpha value is -3.52. The Balaban J connectivity index is 1.57. The van der Waals surface area contributed by atoms with Crippen molar-refractivity contribution in [1.82, 2.24) is 5.43 Å². The Morgan fingerprint density at radius 3 is 2.50 bits per heavy atom. The van der Waals surface area contributed by atoms with Crippen LogP contribution in [0.25, 0.3) is 0 Å². The molecule has 0 fully saturated rings. The second-order valence-corrected chi connectivity index (χ2v) is 7.35. The predicted molar refractivity (Wildman–Crippen MR) is 122 cm³/mol. The Kier molecular flexibility index (Phi) is 7.29. The first-order valence-electron chi connectivity index (χ1n) is 9.12. The van der Waals surface area contributed by atoms with Crippen LogP contribution in [0.1, 0.15) is 11.1 Å². The molecule has 3 aromatic carbocycles. The molecule has 0 radical (unpaired) electrons. The van der Waals surface area contributed by atoms with Gasteiger partial charge < -0.3 is 10.4 Å². The van der Waals surface area contributed by atoms with Crippen molar-refractivity contribution in [1.29, 1.82) is 0 Å². The lowest BCUT2D eigenvalue weighted by atomic mass is 10.2. The number of aryl methyl sites for hydroxylation is 1. The predicted octanol–water partition coefficient (Wildman–Crippen LogP) is 5.44. The van der Waals surface area contributed by atoms with E-state index in [0.717, 1.165) is 15.7 Å². The van der Waals surface area contributed by atoms with Gasteiger partial charge in [0.1, 0.15) is 5.75 Å². The molecule has 0 heterocycles. The molecule has 152 valence electrons. The van der Waals surface area contributed by atoms with Gasteiger partial charge >= 0.3 is 0 Å². The first-order chi connectivity index (χ1) is 14.5. The minimum absolute atomic E-state index is 0.0205. The molecule has 7 nitrogen and oxygen atoms in total. The Bertz CT molecular complexity index is 1080. The topological polar surface area (TPSA) is 98.4 Å². The zero-order chi connectivity index (χ0) is 21.3. The molecule has 0 atom stereocenters. The van der Waals surface area contributed by atoms with E-state index in [1.54, 1.807) is 12.1 Å². The fourth-order valence-electron chi connectivity index (χ4n) is 2.43. The van der Waals surface area contributed by atoms with E-state index in [4.69, 9.17) is 0 Å². The Labute approximate surface area is 182 Å². The SMILES string of the molecule is Cc1ccc(NCC(=O)N/N=C/c2cc(N=Nc3cccc(Br)c3)ccc2O)cc1. The highest BCUT2D eigenvalue weighted by Gasteiger charge is 2.02. The third-order valence-electron chi connectivity index (χ3n) is 4.00. The van der Waals surface area contributed by atoms with Crippen LogP contribution < -0.4 is 10.7 Å². The molecule has 1 amide bonds. The van der Waals surface area contributed by atoms with Crippen LogP contribution >= 0.6 is 15.9 Å². The Morgan fingerprint density at radius 2 is 1.77 bits per heavy atom. The van der Waals surface area contributed by atoms with Gasteiger partial charge in [0, 0.05) is 15.7 Å². The van der Waals surface area contributed by atoms with Crippen LogP contribution in [0.2, 0.25) is 0 Å². The second-order valence-electron chi connectivity index (χ2n) is 6.44. The quantitative estimate of drug-likeness (QED) is 0.246. The zero-order valence-electron chi connectivity index (χ0n) is 16.2. The maximum absolute atomic E-state index is 11.9. The average Bonchev–Trinajstić information content (AvgIpc) is 2.74. The maximum atomic E-state index is 11.9. The minimum atomic E-state index is -0.309. The smallest absolute Gasteiger partial charge is 0.259 e. The van der Waals surface area contributed by atoms with Crippen LogP contribution in [0.3, 0.4) is 0 Å². The van der Waals surface area contributed by atoms with Crippen LogP contribution in [0, 0.1) is 6.92 Å². The standard InChI is InChI=1S/C22H20BrN5O2/c1-15-5-7-18(8-6-15)24-14-22(30)28-25-13-16-11-20(9-10-21(16)29)27-26-19-4-2-3-17(23)12-19/h2-13,24,29H,14H2,1H3,(H,28,30)/b25-13+,27-26?. The number of azo groups is 1. The van der Waals surface area contributed by atoms with Crippen LogP contribution in [0.15, 0.2) is 86.5 Å². The molecule has 0 saturated heterocycles. The van der Waals surface area contributed by atoms with E-state index in [1.807, 2.05) is 55.5 Å². The number of halogens is 1. The summed E-state index contributed by atoms with van der Waals surface area (Å²) in [4.78, 5) is 11.9. The summed E-state index contributed by atoms with van der Waals surface area (Å²) in [6, 6.07) is 19.9. The van der Waals surface area contributed by atoms with Crippen molar-refractivity contribution in [2.24, 2.45) is 15.3 Å². The lowest BCUT2D eigenvalue weighted by Gasteiger charge is -2.05. The summed E-state index contributed by atoms with van der Waals surface area (Å²) >= 11 is 3.39. The van der Waals surface area contributed by atoms with Crippen molar-refractivity contribution in [2.75, 3.05) is 11.9 Å². The molecule has 0 aromatic heterocycles. The molecule has 3 rings (SSSR count). The highest BCUT2D eigenvalue weighted by molar-refractivity contribution is 9.10. The van der Waals surface area contributed by atoms with E-state index >= 15 is 0 Å². The van der Waals surface area contributed by atoms with Crippen molar-refractivity contribution in [3.05, 3.63) is 82.3 Å². The number of benzene rings is 3. The number of phenols is 1. The van der Waals surface area contributed by atoms with Crippen LogP contribution in [0.4, 0.5) is 17.1 Å². The molecular formula is C22H20BrN5O2. The van der Waals surface area contributed by atoms with Crippen molar-refractivity contribution in [2.45, 2.75) is 6.92 Å². The van der Waals surface area contributed by atoms with Crippen LogP contribution in [0.5, 0.6) is 5.75 Å². The van der Waals surface area contributed by atoms with Gasteiger partial charge in [-0.05, 0) is 55.5 Å². The van der Waals surface area contributed by atoms with Crippen LogP contribution in [-0.2, 0) is 4.79 Å². The van der Waals surface area contributed by atoms with Gasteiger partial charge in [0.25, 0.3) is 5.91 Å². The van der Waals surface area contributed by atoms with Crippen LogP contribution in [-0.4, -0.2) is 23.8 Å². The average molecular weight is 466 g/mol. The molecular weight excluding hydrogens is 446 g/mol. The number of hydrazone groups is 1. The molecule has 3 aromatic rings. The van der Waals surface area contributed by atoms with E-state index in [0.29, 0.717) is 16.9 Å². The van der Waals surface area contributed by atoms with Gasteiger partial charge in [-0.1, -0.05) is 39.7 Å². The molecule has 0 bridgehead atoms. The first kappa shape index (κ1) is 21.2. The summed E-state index contributed by atoms with van der Waals surface area (Å²) in [5.74, 6) is -0.288. The molecule has 0 spiro atoms. The van der Waals surface area contributed by atoms with Gasteiger partial charge in [-0.25, -0.2) is 5.43 Å². The minimum Gasteiger partial charge on any atom is -0.507 e. The summed E-state index contributed by atoms with van der Waals surface area (Å²) < 4.78 is 0.907. The Morgan fingerprint density at radius 1 is 1.03 bits per heavy atom. The number of hydrogen-bond donors (Lipinski definition) is 3. The molecule has 0 aliphatic rings. The molecule has 0 aliphatic heterocycles. The number of anilines is 1. The number of aromatic hydroxyl groups is 1. The molecule has 0 aliphatic carbocycles. The number of nitrogens with zero attached hydrogens (tertiary/aromatic N) is 3. The van der Waals surface area contributed by atoms with E-state index in [9.17, 15) is 9.90 Å². The van der Waals surface area contributed by atoms with E-state index in [1.165, 1.54) is 12.3 Å². The zero-order valence-corrected chi connectivity index (χ0v) is 17.8. The first-order valence-corrected chi connectivity index (χ1v) is 9.92. The highest BCUT2D eigenvalue weighted by Crippen LogP contribution is 2.25. The van der Waals surface area contributed by atoms with Gasteiger partial charge in [0.2, 0.25) is 0 Å². The maximum Gasteiger partial charge on any atom is 0.259 e. The summed E-state index contributed by atoms with van der Waals surface area (Å²) in [6.45, 7) is 2.07. The largest absolute Gasteiger partial charge is 0.507 e. The lowest BCUT2D eigenvalue weighted by Crippen LogP contribution is -2.25. The van der Waals surface area contributed by atoms with Gasteiger partial charge in [0.05, 0.1) is 24.1 Å². The van der Waals surface area contributed by atoms with Gasteiger partial charge in [-0.15, -0.1) is 0 Å². The van der Waals surface area contributed by atoms with Gasteiger partial charge in [-0.2, -0.15) is 15.3 Å². The van der Waals surface area contributed by atoms with Crippen molar-refractivity contribution in [3.63, 3.8) is 0 Å². The number of hydrogen-bond acceptors (Lipinski definition) is 6. The number of phenolic OH excluding ortho intramolecular Hbond substituents is 1. The number of nitrogens with one attached hydrogen (secondary N) is 2. The van der Waals surface area contributed by atoms with E-state index < -0.39 is 0 Å². The number of carbonyl (C=O) groups is 1. The number of amides is 1.